The molecule has 0 saturated carbocycles. The fourth-order valence-corrected chi connectivity index (χ4v) is 3.29. The number of likely N-dealkylation sites (N-methyl/N-ethyl adjacent to an activating group) is 1. The number of piperidine rings is 1. The van der Waals surface area contributed by atoms with Crippen molar-refractivity contribution in [1.82, 2.24) is 19.5 Å². The molecule has 1 aliphatic heterocycles. The lowest BCUT2D eigenvalue weighted by Crippen LogP contribution is -2.31. The molecular formula is C18H19FN4. The number of rotatable bonds is 2. The second kappa shape index (κ2) is 5.74. The molecule has 1 fully saturated rings. The monoisotopic (exact) mass is 310 g/mol. The minimum absolute atomic E-state index is 0.230. The summed E-state index contributed by atoms with van der Waals surface area (Å²) in [6.45, 7) is 2.15. The lowest BCUT2D eigenvalue weighted by Gasteiger charge is -2.27. The SMILES string of the molecule is CN1CCC[C@@H](c2nc3ccc(-c4cccc(F)c4)cn3n2)C1. The lowest BCUT2D eigenvalue weighted by molar-refractivity contribution is 0.246. The summed E-state index contributed by atoms with van der Waals surface area (Å²) < 4.78 is 15.2. The Bertz CT molecular complexity index is 842. The van der Waals surface area contributed by atoms with E-state index in [1.807, 2.05) is 28.9 Å². The van der Waals surface area contributed by atoms with Gasteiger partial charge in [0.2, 0.25) is 0 Å². The van der Waals surface area contributed by atoms with Crippen LogP contribution in [0.15, 0.2) is 42.6 Å². The molecule has 0 amide bonds. The van der Waals surface area contributed by atoms with Crippen molar-refractivity contribution in [3.63, 3.8) is 0 Å². The van der Waals surface area contributed by atoms with Crippen molar-refractivity contribution in [2.24, 2.45) is 0 Å². The highest BCUT2D eigenvalue weighted by Crippen LogP contribution is 2.25. The van der Waals surface area contributed by atoms with Crippen molar-refractivity contribution in [3.8, 4) is 11.1 Å². The van der Waals surface area contributed by atoms with E-state index < -0.39 is 0 Å². The maximum Gasteiger partial charge on any atom is 0.156 e. The fraction of sp³-hybridized carbons (Fsp3) is 0.333. The van der Waals surface area contributed by atoms with Crippen LogP contribution in [0.4, 0.5) is 4.39 Å². The molecule has 4 rings (SSSR count). The van der Waals surface area contributed by atoms with Crippen molar-refractivity contribution in [1.29, 1.82) is 0 Å². The van der Waals surface area contributed by atoms with E-state index in [9.17, 15) is 4.39 Å². The Labute approximate surface area is 134 Å². The highest BCUT2D eigenvalue weighted by Gasteiger charge is 2.22. The van der Waals surface area contributed by atoms with Gasteiger partial charge < -0.3 is 4.90 Å². The largest absolute Gasteiger partial charge is 0.306 e. The standard InChI is InChI=1S/C18H19FN4/c1-22-9-3-5-15(11-22)18-20-17-8-7-14(12-23(17)21-18)13-4-2-6-16(19)10-13/h2,4,6-8,10,12,15H,3,5,9,11H2,1H3/t15-/m1/s1. The molecule has 0 spiro atoms. The normalized spacial score (nSPS) is 19.3. The molecule has 3 aromatic rings. The second-order valence-electron chi connectivity index (χ2n) is 6.30. The van der Waals surface area contributed by atoms with Crippen molar-refractivity contribution < 1.29 is 4.39 Å². The number of nitrogens with zero attached hydrogens (tertiary/aromatic N) is 4. The molecule has 0 aliphatic carbocycles. The third-order valence-electron chi connectivity index (χ3n) is 4.49. The minimum Gasteiger partial charge on any atom is -0.306 e. The molecule has 118 valence electrons. The summed E-state index contributed by atoms with van der Waals surface area (Å²) in [6.07, 6.45) is 4.25. The molecule has 2 aromatic heterocycles. The van der Waals surface area contributed by atoms with Crippen LogP contribution < -0.4 is 0 Å². The van der Waals surface area contributed by atoms with Crippen LogP contribution in [-0.4, -0.2) is 39.6 Å². The van der Waals surface area contributed by atoms with Gasteiger partial charge in [-0.2, -0.15) is 5.10 Å². The zero-order valence-corrected chi connectivity index (χ0v) is 13.1. The van der Waals surface area contributed by atoms with Crippen LogP contribution in [0.5, 0.6) is 0 Å². The van der Waals surface area contributed by atoms with Gasteiger partial charge in [-0.3, -0.25) is 0 Å². The van der Waals surface area contributed by atoms with Crippen molar-refractivity contribution in [2.45, 2.75) is 18.8 Å². The predicted molar refractivity (Wildman–Crippen MR) is 87.9 cm³/mol. The average Bonchev–Trinajstić information content (AvgIpc) is 2.98. The molecule has 4 nitrogen and oxygen atoms in total. The Morgan fingerprint density at radius 1 is 1.17 bits per heavy atom. The van der Waals surface area contributed by atoms with E-state index in [4.69, 9.17) is 0 Å². The molecule has 0 bridgehead atoms. The summed E-state index contributed by atoms with van der Waals surface area (Å²) in [5, 5.41) is 4.66. The topological polar surface area (TPSA) is 33.4 Å². The molecule has 0 radical (unpaired) electrons. The van der Waals surface area contributed by atoms with Crippen molar-refractivity contribution >= 4 is 5.65 Å². The molecular weight excluding hydrogens is 291 g/mol. The zero-order chi connectivity index (χ0) is 15.8. The van der Waals surface area contributed by atoms with Gasteiger partial charge in [-0.05, 0) is 56.3 Å². The van der Waals surface area contributed by atoms with Crippen LogP contribution in [0, 0.1) is 5.82 Å². The quantitative estimate of drug-likeness (QED) is 0.728. The number of hydrogen-bond donors (Lipinski definition) is 0. The number of benzene rings is 1. The zero-order valence-electron chi connectivity index (χ0n) is 13.1. The van der Waals surface area contributed by atoms with Gasteiger partial charge in [0.1, 0.15) is 5.82 Å². The molecule has 1 aromatic carbocycles. The molecule has 1 saturated heterocycles. The minimum atomic E-state index is -0.230. The summed E-state index contributed by atoms with van der Waals surface area (Å²) in [5.41, 5.74) is 2.63. The van der Waals surface area contributed by atoms with Gasteiger partial charge in [-0.1, -0.05) is 12.1 Å². The summed E-state index contributed by atoms with van der Waals surface area (Å²) in [5.74, 6) is 1.08. The first-order chi connectivity index (χ1) is 11.2. The lowest BCUT2D eigenvalue weighted by atomic mass is 9.98. The maximum absolute atomic E-state index is 13.4. The Morgan fingerprint density at radius 3 is 2.91 bits per heavy atom. The fourth-order valence-electron chi connectivity index (χ4n) is 3.29. The summed E-state index contributed by atoms with van der Waals surface area (Å²) >= 11 is 0. The Hall–Kier alpha value is -2.27. The third kappa shape index (κ3) is 2.84. The first kappa shape index (κ1) is 14.3. The number of likely N-dealkylation sites (tertiary alicyclic amines) is 1. The number of halogens is 1. The maximum atomic E-state index is 13.4. The Kier molecular flexibility index (Phi) is 3.58. The highest BCUT2D eigenvalue weighted by molar-refractivity contribution is 5.64. The van der Waals surface area contributed by atoms with E-state index >= 15 is 0 Å². The molecule has 0 N–H and O–H groups in total. The van der Waals surface area contributed by atoms with E-state index in [1.54, 1.807) is 6.07 Å². The number of aromatic nitrogens is 3. The van der Waals surface area contributed by atoms with Crippen LogP contribution in [0.25, 0.3) is 16.8 Å². The number of pyridine rings is 1. The molecule has 5 heteroatoms. The van der Waals surface area contributed by atoms with Gasteiger partial charge >= 0.3 is 0 Å². The van der Waals surface area contributed by atoms with E-state index in [-0.39, 0.29) is 5.82 Å². The predicted octanol–water partition coefficient (Wildman–Crippen LogP) is 3.34. The van der Waals surface area contributed by atoms with Gasteiger partial charge in [0, 0.05) is 24.2 Å². The average molecular weight is 310 g/mol. The first-order valence-corrected chi connectivity index (χ1v) is 8.00. The molecule has 0 unspecified atom stereocenters. The Morgan fingerprint density at radius 2 is 2.09 bits per heavy atom. The number of fused-ring (bicyclic) bond motifs is 1. The smallest absolute Gasteiger partial charge is 0.156 e. The molecule has 3 heterocycles. The summed E-state index contributed by atoms with van der Waals surface area (Å²) in [7, 11) is 2.14. The summed E-state index contributed by atoms with van der Waals surface area (Å²) in [4.78, 5) is 7.01. The second-order valence-corrected chi connectivity index (χ2v) is 6.30. The summed E-state index contributed by atoms with van der Waals surface area (Å²) in [6, 6.07) is 10.5. The Balaban J connectivity index is 1.69. The van der Waals surface area contributed by atoms with Gasteiger partial charge in [-0.25, -0.2) is 13.9 Å². The number of hydrogen-bond acceptors (Lipinski definition) is 3. The van der Waals surface area contributed by atoms with E-state index in [0.29, 0.717) is 5.92 Å². The van der Waals surface area contributed by atoms with Crippen LogP contribution in [-0.2, 0) is 0 Å². The van der Waals surface area contributed by atoms with Crippen LogP contribution >= 0.6 is 0 Å². The van der Waals surface area contributed by atoms with Crippen LogP contribution in [0.3, 0.4) is 0 Å². The third-order valence-corrected chi connectivity index (χ3v) is 4.49. The van der Waals surface area contributed by atoms with E-state index in [0.717, 1.165) is 42.1 Å². The van der Waals surface area contributed by atoms with Crippen LogP contribution in [0.2, 0.25) is 0 Å². The highest BCUT2D eigenvalue weighted by atomic mass is 19.1. The van der Waals surface area contributed by atoms with Crippen molar-refractivity contribution in [3.05, 3.63) is 54.2 Å². The van der Waals surface area contributed by atoms with E-state index in [1.165, 1.54) is 18.6 Å². The molecule has 23 heavy (non-hydrogen) atoms. The molecule has 1 aliphatic rings. The van der Waals surface area contributed by atoms with Gasteiger partial charge in [0.05, 0.1) is 0 Å². The van der Waals surface area contributed by atoms with Crippen molar-refractivity contribution in [2.75, 3.05) is 20.1 Å². The van der Waals surface area contributed by atoms with Crippen LogP contribution in [0.1, 0.15) is 24.6 Å². The molecule has 1 atom stereocenters. The van der Waals surface area contributed by atoms with Gasteiger partial charge in [0.15, 0.2) is 11.5 Å². The van der Waals surface area contributed by atoms with E-state index in [2.05, 4.69) is 22.0 Å². The first-order valence-electron chi connectivity index (χ1n) is 8.00. The van der Waals surface area contributed by atoms with Gasteiger partial charge in [0.25, 0.3) is 0 Å². The van der Waals surface area contributed by atoms with Gasteiger partial charge in [-0.15, -0.1) is 0 Å².